The lowest BCUT2D eigenvalue weighted by Gasteiger charge is -2.23. The minimum absolute atomic E-state index is 0.113. The van der Waals surface area contributed by atoms with E-state index in [1.807, 2.05) is 13.8 Å². The lowest BCUT2D eigenvalue weighted by molar-refractivity contribution is -0.142. The van der Waals surface area contributed by atoms with Gasteiger partial charge in [0.05, 0.1) is 6.61 Å². The Balaban J connectivity index is 3.79. The first-order valence-electron chi connectivity index (χ1n) is 6.66. The third-order valence-electron chi connectivity index (χ3n) is 2.80. The molecular formula is C13H24N2O5. The van der Waals surface area contributed by atoms with Gasteiger partial charge in [0.15, 0.2) is 0 Å². The van der Waals surface area contributed by atoms with Crippen LogP contribution in [0.1, 0.15) is 40.0 Å². The van der Waals surface area contributed by atoms with Crippen molar-refractivity contribution in [2.45, 2.75) is 40.0 Å². The number of hydrogen-bond donors (Lipinski definition) is 3. The van der Waals surface area contributed by atoms with Gasteiger partial charge in [-0.15, -0.1) is 0 Å². The van der Waals surface area contributed by atoms with E-state index in [1.165, 1.54) is 0 Å². The molecule has 3 N–H and O–H groups in total. The molecule has 0 saturated heterocycles. The summed E-state index contributed by atoms with van der Waals surface area (Å²) in [5.74, 6) is -1.30. The number of nitrogens with one attached hydrogen (secondary N) is 2. The summed E-state index contributed by atoms with van der Waals surface area (Å²) >= 11 is 0. The largest absolute Gasteiger partial charge is 0.481 e. The van der Waals surface area contributed by atoms with E-state index < -0.39 is 18.0 Å². The van der Waals surface area contributed by atoms with E-state index >= 15 is 0 Å². The fraction of sp³-hybridized carbons (Fsp3) is 0.769. The quantitative estimate of drug-likeness (QED) is 0.552. The molecule has 0 fully saturated rings. The van der Waals surface area contributed by atoms with E-state index in [2.05, 4.69) is 15.4 Å². The first-order valence-corrected chi connectivity index (χ1v) is 6.66. The zero-order chi connectivity index (χ0) is 15.6. The normalized spacial score (nSPS) is 10.8. The zero-order valence-electron chi connectivity index (χ0n) is 12.3. The van der Waals surface area contributed by atoms with Crippen molar-refractivity contribution >= 4 is 18.0 Å². The second-order valence-electron chi connectivity index (χ2n) is 5.22. The van der Waals surface area contributed by atoms with Gasteiger partial charge in [-0.05, 0) is 25.2 Å². The fourth-order valence-corrected chi connectivity index (χ4v) is 1.51. The minimum atomic E-state index is -0.821. The first kappa shape index (κ1) is 18.2. The second-order valence-corrected chi connectivity index (χ2v) is 5.22. The van der Waals surface area contributed by atoms with Crippen molar-refractivity contribution in [3.8, 4) is 0 Å². The van der Waals surface area contributed by atoms with E-state index in [-0.39, 0.29) is 25.0 Å². The molecular weight excluding hydrogens is 264 g/mol. The molecule has 0 aromatic heterocycles. The van der Waals surface area contributed by atoms with Crippen LogP contribution < -0.4 is 10.6 Å². The van der Waals surface area contributed by atoms with Crippen LogP contribution in [0, 0.1) is 5.41 Å². The second kappa shape index (κ2) is 9.17. The molecule has 0 aliphatic heterocycles. The van der Waals surface area contributed by atoms with E-state index in [0.29, 0.717) is 19.4 Å². The Morgan fingerprint density at radius 2 is 1.80 bits per heavy atom. The molecule has 0 bridgehead atoms. The molecule has 7 nitrogen and oxygen atoms in total. The maximum Gasteiger partial charge on any atom is 0.325 e. The zero-order valence-corrected chi connectivity index (χ0v) is 12.3. The minimum Gasteiger partial charge on any atom is -0.481 e. The summed E-state index contributed by atoms with van der Waals surface area (Å²) in [4.78, 5) is 32.9. The summed E-state index contributed by atoms with van der Waals surface area (Å²) in [6, 6.07) is -0.438. The summed E-state index contributed by atoms with van der Waals surface area (Å²) < 4.78 is 4.67. The van der Waals surface area contributed by atoms with Crippen molar-refractivity contribution in [3.05, 3.63) is 0 Å². The van der Waals surface area contributed by atoms with Gasteiger partial charge in [0, 0.05) is 13.0 Å². The maximum atomic E-state index is 11.4. The predicted octanol–water partition coefficient (Wildman–Crippen LogP) is 1.13. The maximum absolute atomic E-state index is 11.4. The summed E-state index contributed by atoms with van der Waals surface area (Å²) in [7, 11) is 0. The smallest absolute Gasteiger partial charge is 0.325 e. The number of rotatable bonds is 9. The van der Waals surface area contributed by atoms with Crippen LogP contribution in [0.15, 0.2) is 0 Å². The standard InChI is InChI=1S/C13H24N2O5/c1-4-20-11(18)9-15-12(19)14-8-7-13(2,3)6-5-10(16)17/h4-9H2,1-3H3,(H,16,17)(H2,14,15,19). The lowest BCUT2D eigenvalue weighted by atomic mass is 9.84. The first-order chi connectivity index (χ1) is 9.26. The van der Waals surface area contributed by atoms with Gasteiger partial charge in [0.1, 0.15) is 6.54 Å². The molecule has 0 heterocycles. The highest BCUT2D eigenvalue weighted by atomic mass is 16.5. The monoisotopic (exact) mass is 288 g/mol. The number of urea groups is 1. The van der Waals surface area contributed by atoms with Crippen molar-refractivity contribution in [2.24, 2.45) is 5.41 Å². The van der Waals surface area contributed by atoms with E-state index in [9.17, 15) is 14.4 Å². The summed E-state index contributed by atoms with van der Waals surface area (Å²) in [6.45, 7) is 6.13. The number of esters is 1. The molecule has 0 rings (SSSR count). The Morgan fingerprint density at radius 3 is 2.35 bits per heavy atom. The number of aliphatic carboxylic acids is 1. The van der Waals surface area contributed by atoms with Crippen LogP contribution in [-0.2, 0) is 14.3 Å². The van der Waals surface area contributed by atoms with Crippen molar-refractivity contribution in [1.82, 2.24) is 10.6 Å². The van der Waals surface area contributed by atoms with Gasteiger partial charge >= 0.3 is 18.0 Å². The van der Waals surface area contributed by atoms with Gasteiger partial charge in [-0.1, -0.05) is 13.8 Å². The number of hydrogen-bond acceptors (Lipinski definition) is 4. The predicted molar refractivity (Wildman–Crippen MR) is 73.3 cm³/mol. The van der Waals surface area contributed by atoms with E-state index in [4.69, 9.17) is 5.11 Å². The number of carboxylic acid groups (broad SMARTS) is 1. The van der Waals surface area contributed by atoms with Gasteiger partial charge in [-0.2, -0.15) is 0 Å². The highest BCUT2D eigenvalue weighted by Gasteiger charge is 2.19. The molecule has 0 radical (unpaired) electrons. The molecule has 0 aromatic carbocycles. The Bertz CT molecular complexity index is 342. The van der Waals surface area contributed by atoms with Crippen LogP contribution >= 0.6 is 0 Å². The fourth-order valence-electron chi connectivity index (χ4n) is 1.51. The molecule has 0 spiro atoms. The van der Waals surface area contributed by atoms with E-state index in [1.54, 1.807) is 6.92 Å². The van der Waals surface area contributed by atoms with Gasteiger partial charge in [0.25, 0.3) is 0 Å². The molecule has 0 unspecified atom stereocenters. The molecule has 2 amide bonds. The van der Waals surface area contributed by atoms with Crippen LogP contribution in [0.4, 0.5) is 4.79 Å². The van der Waals surface area contributed by atoms with Crippen LogP contribution in [0.2, 0.25) is 0 Å². The highest BCUT2D eigenvalue weighted by molar-refractivity contribution is 5.80. The molecule has 7 heteroatoms. The average Bonchev–Trinajstić information content (AvgIpc) is 2.34. The van der Waals surface area contributed by atoms with Crippen molar-refractivity contribution < 1.29 is 24.2 Å². The molecule has 116 valence electrons. The lowest BCUT2D eigenvalue weighted by Crippen LogP contribution is -2.40. The summed E-state index contributed by atoms with van der Waals surface area (Å²) in [5, 5.41) is 13.6. The van der Waals surface area contributed by atoms with Gasteiger partial charge < -0.3 is 20.5 Å². The molecule has 20 heavy (non-hydrogen) atoms. The molecule has 0 saturated carbocycles. The molecule has 0 aromatic rings. The molecule has 0 aliphatic carbocycles. The number of carbonyl (C=O) groups is 3. The van der Waals surface area contributed by atoms with Crippen molar-refractivity contribution in [3.63, 3.8) is 0 Å². The van der Waals surface area contributed by atoms with E-state index in [0.717, 1.165) is 0 Å². The van der Waals surface area contributed by atoms with Crippen LogP contribution in [0.3, 0.4) is 0 Å². The summed E-state index contributed by atoms with van der Waals surface area (Å²) in [5.41, 5.74) is -0.160. The number of amides is 2. The van der Waals surface area contributed by atoms with Gasteiger partial charge in [-0.25, -0.2) is 4.79 Å². The molecule has 0 atom stereocenters. The SMILES string of the molecule is CCOC(=O)CNC(=O)NCCC(C)(C)CCC(=O)O. The number of carbonyl (C=O) groups excluding carboxylic acids is 2. The Morgan fingerprint density at radius 1 is 1.15 bits per heavy atom. The topological polar surface area (TPSA) is 105 Å². The van der Waals surface area contributed by atoms with Crippen molar-refractivity contribution in [1.29, 1.82) is 0 Å². The van der Waals surface area contributed by atoms with Gasteiger partial charge in [-0.3, -0.25) is 9.59 Å². The summed E-state index contributed by atoms with van der Waals surface area (Å²) in [6.07, 6.45) is 1.32. The number of carboxylic acids is 1. The van der Waals surface area contributed by atoms with Crippen LogP contribution in [0.5, 0.6) is 0 Å². The third kappa shape index (κ3) is 10.2. The third-order valence-corrected chi connectivity index (χ3v) is 2.80. The number of ether oxygens (including phenoxy) is 1. The van der Waals surface area contributed by atoms with Crippen LogP contribution in [-0.4, -0.2) is 42.8 Å². The highest BCUT2D eigenvalue weighted by Crippen LogP contribution is 2.25. The Labute approximate surface area is 119 Å². The molecule has 0 aliphatic rings. The van der Waals surface area contributed by atoms with Gasteiger partial charge in [0.2, 0.25) is 0 Å². The average molecular weight is 288 g/mol. The Kier molecular flexibility index (Phi) is 8.35. The van der Waals surface area contributed by atoms with Crippen LogP contribution in [0.25, 0.3) is 0 Å². The Hall–Kier alpha value is -1.79. The van der Waals surface area contributed by atoms with Crippen molar-refractivity contribution in [2.75, 3.05) is 19.7 Å².